The number of methoxy groups -OCH3 is 1. The van der Waals surface area contributed by atoms with Gasteiger partial charge >= 0.3 is 0 Å². The highest BCUT2D eigenvalue weighted by Gasteiger charge is 2.21. The molecule has 0 aliphatic carbocycles. The van der Waals surface area contributed by atoms with Gasteiger partial charge in [0.15, 0.2) is 0 Å². The summed E-state index contributed by atoms with van der Waals surface area (Å²) in [5.41, 5.74) is 4.82. The maximum Gasteiger partial charge on any atom is 0.252 e. The smallest absolute Gasteiger partial charge is 0.252 e. The first-order chi connectivity index (χ1) is 17.1. The van der Waals surface area contributed by atoms with E-state index in [0.717, 1.165) is 66.6 Å². The number of halogens is 1. The first-order valence-electron chi connectivity index (χ1n) is 12.3. The number of hydrogen-bond donors (Lipinski definition) is 0. The highest BCUT2D eigenvalue weighted by Crippen LogP contribution is 2.30. The van der Waals surface area contributed by atoms with E-state index in [1.165, 1.54) is 12.4 Å². The molecule has 0 bridgehead atoms. The molecule has 0 N–H and O–H groups in total. The SMILES string of the molecule is COCC(=O)N1CCCCCCCN(Cc2cccc(F)c2)Cc2cc(-c3cncnc3)ccc21. The Morgan fingerprint density at radius 2 is 1.74 bits per heavy atom. The number of nitrogens with zero attached hydrogens (tertiary/aromatic N) is 4. The molecule has 7 heteroatoms. The van der Waals surface area contributed by atoms with Crippen molar-refractivity contribution in [2.45, 2.75) is 45.2 Å². The van der Waals surface area contributed by atoms with E-state index in [2.05, 4.69) is 20.9 Å². The molecule has 0 saturated heterocycles. The van der Waals surface area contributed by atoms with E-state index in [1.54, 1.807) is 31.6 Å². The molecule has 184 valence electrons. The molecule has 0 fully saturated rings. The molecule has 0 saturated carbocycles. The molecule has 1 aliphatic rings. The number of carbonyl (C=O) groups is 1. The maximum absolute atomic E-state index is 13.9. The van der Waals surface area contributed by atoms with Crippen molar-refractivity contribution >= 4 is 11.6 Å². The Kier molecular flexibility index (Phi) is 8.92. The van der Waals surface area contributed by atoms with Gasteiger partial charge in [-0.15, -0.1) is 0 Å². The van der Waals surface area contributed by atoms with Crippen LogP contribution in [0.15, 0.2) is 61.2 Å². The molecular weight excluding hydrogens is 443 g/mol. The first kappa shape index (κ1) is 24.9. The van der Waals surface area contributed by atoms with E-state index in [-0.39, 0.29) is 18.3 Å². The fraction of sp³-hybridized carbons (Fsp3) is 0.393. The Morgan fingerprint density at radius 1 is 0.971 bits per heavy atom. The largest absolute Gasteiger partial charge is 0.375 e. The van der Waals surface area contributed by atoms with Gasteiger partial charge in [-0.25, -0.2) is 14.4 Å². The molecular formula is C28H33FN4O2. The van der Waals surface area contributed by atoms with Crippen LogP contribution in [-0.2, 0) is 22.6 Å². The molecule has 2 heterocycles. The van der Waals surface area contributed by atoms with Gasteiger partial charge in [-0.3, -0.25) is 9.69 Å². The molecule has 1 aliphatic heterocycles. The zero-order chi connectivity index (χ0) is 24.5. The number of rotatable bonds is 5. The van der Waals surface area contributed by atoms with Crippen molar-refractivity contribution in [1.82, 2.24) is 14.9 Å². The van der Waals surface area contributed by atoms with E-state index in [4.69, 9.17) is 4.74 Å². The van der Waals surface area contributed by atoms with Crippen LogP contribution in [0.5, 0.6) is 0 Å². The Bertz CT molecular complexity index is 1110. The normalized spacial score (nSPS) is 15.7. The van der Waals surface area contributed by atoms with Gasteiger partial charge in [0.25, 0.3) is 5.91 Å². The fourth-order valence-electron chi connectivity index (χ4n) is 4.67. The zero-order valence-electron chi connectivity index (χ0n) is 20.3. The van der Waals surface area contributed by atoms with Gasteiger partial charge in [-0.1, -0.05) is 37.5 Å². The quantitative estimate of drug-likeness (QED) is 0.505. The van der Waals surface area contributed by atoms with Gasteiger partial charge < -0.3 is 9.64 Å². The Morgan fingerprint density at radius 3 is 2.51 bits per heavy atom. The number of fused-ring (bicyclic) bond motifs is 1. The summed E-state index contributed by atoms with van der Waals surface area (Å²) in [5, 5.41) is 0. The minimum absolute atomic E-state index is 0.0424. The lowest BCUT2D eigenvalue weighted by Crippen LogP contribution is -2.36. The number of aromatic nitrogens is 2. The number of carbonyl (C=O) groups excluding carboxylic acids is 1. The summed E-state index contributed by atoms with van der Waals surface area (Å²) in [7, 11) is 1.55. The van der Waals surface area contributed by atoms with Crippen molar-refractivity contribution in [3.8, 4) is 11.1 Å². The average molecular weight is 477 g/mol. The molecule has 4 rings (SSSR count). The van der Waals surface area contributed by atoms with Crippen LogP contribution in [0, 0.1) is 5.82 Å². The summed E-state index contributed by atoms with van der Waals surface area (Å²) in [6.45, 7) is 2.89. The molecule has 3 aromatic rings. The van der Waals surface area contributed by atoms with Crippen molar-refractivity contribution in [3.63, 3.8) is 0 Å². The Hall–Kier alpha value is -3.16. The van der Waals surface area contributed by atoms with Crippen molar-refractivity contribution in [2.24, 2.45) is 0 Å². The van der Waals surface area contributed by atoms with Crippen LogP contribution in [0.2, 0.25) is 0 Å². The molecule has 0 unspecified atom stereocenters. The molecule has 2 aromatic carbocycles. The van der Waals surface area contributed by atoms with Crippen LogP contribution in [0.1, 0.15) is 43.2 Å². The fourth-order valence-corrected chi connectivity index (χ4v) is 4.67. The van der Waals surface area contributed by atoms with Crippen LogP contribution >= 0.6 is 0 Å². The first-order valence-corrected chi connectivity index (χ1v) is 12.3. The number of anilines is 1. The lowest BCUT2D eigenvalue weighted by Gasteiger charge is -2.30. The van der Waals surface area contributed by atoms with E-state index in [0.29, 0.717) is 19.6 Å². The molecule has 1 aromatic heterocycles. The topological polar surface area (TPSA) is 58.6 Å². The Labute approximate surface area is 206 Å². The number of benzene rings is 2. The summed E-state index contributed by atoms with van der Waals surface area (Å²) in [6.07, 6.45) is 10.5. The lowest BCUT2D eigenvalue weighted by atomic mass is 10.0. The maximum atomic E-state index is 13.9. The van der Waals surface area contributed by atoms with Gasteiger partial charge in [0, 0.05) is 50.4 Å². The minimum Gasteiger partial charge on any atom is -0.375 e. The van der Waals surface area contributed by atoms with Crippen molar-refractivity contribution in [1.29, 1.82) is 0 Å². The molecule has 0 atom stereocenters. The summed E-state index contributed by atoms with van der Waals surface area (Å²) in [6, 6.07) is 13.0. The third-order valence-corrected chi connectivity index (χ3v) is 6.38. The Balaban J connectivity index is 1.73. The third-order valence-electron chi connectivity index (χ3n) is 6.38. The monoisotopic (exact) mass is 476 g/mol. The summed E-state index contributed by atoms with van der Waals surface area (Å²) in [5.74, 6) is -0.266. The minimum atomic E-state index is -0.222. The van der Waals surface area contributed by atoms with Crippen LogP contribution < -0.4 is 4.90 Å². The second kappa shape index (κ2) is 12.5. The lowest BCUT2D eigenvalue weighted by molar-refractivity contribution is -0.122. The van der Waals surface area contributed by atoms with E-state index < -0.39 is 0 Å². The number of ether oxygens (including phenoxy) is 1. The molecule has 0 spiro atoms. The standard InChI is InChI=1S/C28H33FN4O2/c1-35-20-28(34)33-13-6-4-2-3-5-12-32(18-22-8-7-9-26(29)14-22)19-24-15-23(10-11-27(24)33)25-16-30-21-31-17-25/h7-11,14-17,21H,2-6,12-13,18-20H2,1H3. The van der Waals surface area contributed by atoms with Gasteiger partial charge in [-0.2, -0.15) is 0 Å². The van der Waals surface area contributed by atoms with Crippen LogP contribution in [0.4, 0.5) is 10.1 Å². The number of amides is 1. The third kappa shape index (κ3) is 6.93. The summed E-state index contributed by atoms with van der Waals surface area (Å²) in [4.78, 5) is 25.6. The van der Waals surface area contributed by atoms with Gasteiger partial charge in [0.2, 0.25) is 0 Å². The zero-order valence-corrected chi connectivity index (χ0v) is 20.3. The second-order valence-corrected chi connectivity index (χ2v) is 9.06. The molecule has 6 nitrogen and oxygen atoms in total. The molecule has 35 heavy (non-hydrogen) atoms. The van der Waals surface area contributed by atoms with Crippen molar-refractivity contribution in [3.05, 3.63) is 78.1 Å². The number of hydrogen-bond acceptors (Lipinski definition) is 5. The van der Waals surface area contributed by atoms with Crippen molar-refractivity contribution < 1.29 is 13.9 Å². The summed E-state index contributed by atoms with van der Waals surface area (Å²) < 4.78 is 19.1. The predicted molar refractivity (Wildman–Crippen MR) is 135 cm³/mol. The van der Waals surface area contributed by atoms with E-state index in [9.17, 15) is 9.18 Å². The van der Waals surface area contributed by atoms with Crippen LogP contribution in [0.25, 0.3) is 11.1 Å². The highest BCUT2D eigenvalue weighted by atomic mass is 19.1. The average Bonchev–Trinajstić information content (AvgIpc) is 2.86. The van der Waals surface area contributed by atoms with E-state index >= 15 is 0 Å². The van der Waals surface area contributed by atoms with Gasteiger partial charge in [0.05, 0.1) is 0 Å². The van der Waals surface area contributed by atoms with E-state index in [1.807, 2.05) is 23.1 Å². The van der Waals surface area contributed by atoms with Crippen LogP contribution in [0.3, 0.4) is 0 Å². The second-order valence-electron chi connectivity index (χ2n) is 9.06. The van der Waals surface area contributed by atoms with Crippen molar-refractivity contribution in [2.75, 3.05) is 31.7 Å². The van der Waals surface area contributed by atoms with Crippen LogP contribution in [-0.4, -0.2) is 47.6 Å². The van der Waals surface area contributed by atoms with Gasteiger partial charge in [-0.05, 0) is 60.3 Å². The summed E-state index contributed by atoms with van der Waals surface area (Å²) >= 11 is 0. The molecule has 0 radical (unpaired) electrons. The molecule has 1 amide bonds. The predicted octanol–water partition coefficient (Wildman–Crippen LogP) is 5.23. The van der Waals surface area contributed by atoms with Gasteiger partial charge in [0.1, 0.15) is 18.8 Å². The highest BCUT2D eigenvalue weighted by molar-refractivity contribution is 5.95.